The van der Waals surface area contributed by atoms with Crippen LogP contribution in [0.2, 0.25) is 5.02 Å². The number of aryl methyl sites for hydroxylation is 1. The summed E-state index contributed by atoms with van der Waals surface area (Å²) in [6.45, 7) is 1.94. The molecule has 7 heteroatoms. The van der Waals surface area contributed by atoms with Gasteiger partial charge in [-0.3, -0.25) is 4.79 Å². The molecule has 0 aromatic heterocycles. The van der Waals surface area contributed by atoms with Gasteiger partial charge in [0.15, 0.2) is 5.17 Å². The molecule has 0 radical (unpaired) electrons. The van der Waals surface area contributed by atoms with Gasteiger partial charge in [-0.1, -0.05) is 17.7 Å². The molecule has 0 atom stereocenters. The molecule has 1 N–H and O–H groups in total. The third kappa shape index (κ3) is 4.03. The number of hydrogen-bond donors (Lipinski definition) is 1. The van der Waals surface area contributed by atoms with Crippen molar-refractivity contribution in [1.82, 2.24) is 5.32 Å². The Labute approximate surface area is 161 Å². The minimum Gasteiger partial charge on any atom is -0.497 e. The Balaban J connectivity index is 1.92. The fraction of sp³-hybridized carbons (Fsp3) is 0.158. The number of carbonyl (C=O) groups is 1. The summed E-state index contributed by atoms with van der Waals surface area (Å²) in [4.78, 5) is 17.3. The molecule has 26 heavy (non-hydrogen) atoms. The largest absolute Gasteiger partial charge is 0.497 e. The van der Waals surface area contributed by atoms with Crippen molar-refractivity contribution in [3.8, 4) is 11.5 Å². The molecule has 2 aromatic rings. The average molecular weight is 389 g/mol. The van der Waals surface area contributed by atoms with E-state index in [0.717, 1.165) is 16.8 Å². The van der Waals surface area contributed by atoms with Crippen molar-refractivity contribution in [1.29, 1.82) is 0 Å². The SMILES string of the molecule is COc1ccc(OC)c(/C=C2\SC(=Nc3cc(Cl)ccc3C)NC2=O)c1. The minimum absolute atomic E-state index is 0.210. The van der Waals surface area contributed by atoms with Gasteiger partial charge < -0.3 is 14.8 Å². The number of hydrogen-bond acceptors (Lipinski definition) is 5. The number of methoxy groups -OCH3 is 2. The molecular weight excluding hydrogens is 372 g/mol. The smallest absolute Gasteiger partial charge is 0.264 e. The summed E-state index contributed by atoms with van der Waals surface area (Å²) >= 11 is 7.29. The zero-order valence-corrected chi connectivity index (χ0v) is 16.1. The van der Waals surface area contributed by atoms with Crippen LogP contribution in [0.4, 0.5) is 5.69 Å². The first-order valence-electron chi connectivity index (χ1n) is 7.78. The van der Waals surface area contributed by atoms with Crippen molar-refractivity contribution >= 4 is 46.2 Å². The first-order chi connectivity index (χ1) is 12.5. The molecule has 0 unspecified atom stereocenters. The van der Waals surface area contributed by atoms with Gasteiger partial charge in [0.2, 0.25) is 0 Å². The van der Waals surface area contributed by atoms with Crippen LogP contribution in [-0.2, 0) is 4.79 Å². The number of benzene rings is 2. The van der Waals surface area contributed by atoms with Gasteiger partial charge in [0, 0.05) is 10.6 Å². The molecule has 0 spiro atoms. The summed E-state index contributed by atoms with van der Waals surface area (Å²) in [5.41, 5.74) is 2.45. The van der Waals surface area contributed by atoms with Crippen molar-refractivity contribution in [2.45, 2.75) is 6.92 Å². The predicted octanol–water partition coefficient (Wildman–Crippen LogP) is 4.56. The van der Waals surface area contributed by atoms with Crippen LogP contribution in [0.15, 0.2) is 46.3 Å². The molecule has 134 valence electrons. The maximum Gasteiger partial charge on any atom is 0.264 e. The highest BCUT2D eigenvalue weighted by Crippen LogP contribution is 2.33. The number of halogens is 1. The highest BCUT2D eigenvalue weighted by atomic mass is 35.5. The predicted molar refractivity (Wildman–Crippen MR) is 107 cm³/mol. The maximum atomic E-state index is 12.3. The number of rotatable bonds is 4. The average Bonchev–Trinajstić information content (AvgIpc) is 2.97. The molecule has 0 aliphatic carbocycles. The Morgan fingerprint density at radius 2 is 1.96 bits per heavy atom. The fourth-order valence-corrected chi connectivity index (χ4v) is 3.38. The van der Waals surface area contributed by atoms with Gasteiger partial charge in [-0.05, 0) is 60.7 Å². The van der Waals surface area contributed by atoms with Gasteiger partial charge in [0.1, 0.15) is 11.5 Å². The van der Waals surface area contributed by atoms with E-state index >= 15 is 0 Å². The van der Waals surface area contributed by atoms with Crippen LogP contribution in [0, 0.1) is 6.92 Å². The third-order valence-electron chi connectivity index (χ3n) is 3.77. The molecule has 1 aliphatic rings. The Hall–Kier alpha value is -2.44. The Bertz CT molecular complexity index is 925. The number of aliphatic imine (C=N–C) groups is 1. The van der Waals surface area contributed by atoms with Crippen LogP contribution in [0.25, 0.3) is 6.08 Å². The van der Waals surface area contributed by atoms with E-state index in [4.69, 9.17) is 21.1 Å². The van der Waals surface area contributed by atoms with Crippen LogP contribution in [0.1, 0.15) is 11.1 Å². The molecule has 1 amide bonds. The summed E-state index contributed by atoms with van der Waals surface area (Å²) in [7, 11) is 3.17. The number of nitrogens with one attached hydrogen (secondary N) is 1. The molecule has 2 aromatic carbocycles. The lowest BCUT2D eigenvalue weighted by Gasteiger charge is -2.07. The Morgan fingerprint density at radius 1 is 1.15 bits per heavy atom. The molecule has 1 aliphatic heterocycles. The zero-order chi connectivity index (χ0) is 18.7. The highest BCUT2D eigenvalue weighted by Gasteiger charge is 2.24. The number of carbonyl (C=O) groups excluding carboxylic acids is 1. The first-order valence-corrected chi connectivity index (χ1v) is 8.97. The van der Waals surface area contributed by atoms with Crippen LogP contribution in [0.3, 0.4) is 0 Å². The number of amides is 1. The standard InChI is InChI=1S/C19H17ClN2O3S/c1-11-4-5-13(20)10-15(11)21-19-22-18(23)17(26-19)9-12-8-14(24-2)6-7-16(12)25-3/h4-10H,1-3H3,(H,21,22,23)/b17-9-. The van der Waals surface area contributed by atoms with E-state index in [1.807, 2.05) is 19.1 Å². The summed E-state index contributed by atoms with van der Waals surface area (Å²) in [5.74, 6) is 1.13. The highest BCUT2D eigenvalue weighted by molar-refractivity contribution is 8.18. The topological polar surface area (TPSA) is 59.9 Å². The van der Waals surface area contributed by atoms with Gasteiger partial charge in [-0.15, -0.1) is 0 Å². The number of nitrogens with zero attached hydrogens (tertiary/aromatic N) is 1. The van der Waals surface area contributed by atoms with E-state index in [1.165, 1.54) is 11.8 Å². The van der Waals surface area contributed by atoms with E-state index in [1.54, 1.807) is 44.6 Å². The van der Waals surface area contributed by atoms with Crippen molar-refractivity contribution < 1.29 is 14.3 Å². The van der Waals surface area contributed by atoms with Crippen LogP contribution >= 0.6 is 23.4 Å². The number of ether oxygens (including phenoxy) is 2. The Morgan fingerprint density at radius 3 is 2.69 bits per heavy atom. The molecule has 1 fully saturated rings. The first kappa shape index (κ1) is 18.4. The fourth-order valence-electron chi connectivity index (χ4n) is 2.39. The lowest BCUT2D eigenvalue weighted by Crippen LogP contribution is -2.19. The number of amidine groups is 1. The second kappa shape index (κ2) is 7.85. The van der Waals surface area contributed by atoms with E-state index in [0.29, 0.717) is 26.6 Å². The van der Waals surface area contributed by atoms with E-state index in [-0.39, 0.29) is 5.91 Å². The van der Waals surface area contributed by atoms with Gasteiger partial charge in [0.05, 0.1) is 24.8 Å². The molecule has 3 rings (SSSR count). The third-order valence-corrected chi connectivity index (χ3v) is 4.91. The van der Waals surface area contributed by atoms with Crippen molar-refractivity contribution in [3.63, 3.8) is 0 Å². The molecule has 1 saturated heterocycles. The van der Waals surface area contributed by atoms with Crippen LogP contribution < -0.4 is 14.8 Å². The van der Waals surface area contributed by atoms with Crippen molar-refractivity contribution in [2.75, 3.05) is 14.2 Å². The van der Waals surface area contributed by atoms with Crippen LogP contribution in [-0.4, -0.2) is 25.3 Å². The van der Waals surface area contributed by atoms with E-state index in [9.17, 15) is 4.79 Å². The Kier molecular flexibility index (Phi) is 5.54. The van der Waals surface area contributed by atoms with Crippen molar-refractivity contribution in [2.24, 2.45) is 4.99 Å². The summed E-state index contributed by atoms with van der Waals surface area (Å²) < 4.78 is 10.6. The lowest BCUT2D eigenvalue weighted by molar-refractivity contribution is -0.115. The van der Waals surface area contributed by atoms with Gasteiger partial charge in [0.25, 0.3) is 5.91 Å². The normalized spacial score (nSPS) is 16.8. The summed E-state index contributed by atoms with van der Waals surface area (Å²) in [6, 6.07) is 10.9. The molecule has 0 bridgehead atoms. The lowest BCUT2D eigenvalue weighted by atomic mass is 10.1. The van der Waals surface area contributed by atoms with Crippen molar-refractivity contribution in [3.05, 3.63) is 57.5 Å². The molecule has 0 saturated carbocycles. The van der Waals surface area contributed by atoms with Gasteiger partial charge >= 0.3 is 0 Å². The monoisotopic (exact) mass is 388 g/mol. The molecule has 1 heterocycles. The van der Waals surface area contributed by atoms with Gasteiger partial charge in [-0.25, -0.2) is 4.99 Å². The molecular formula is C19H17ClN2O3S. The zero-order valence-electron chi connectivity index (χ0n) is 14.5. The summed E-state index contributed by atoms with van der Waals surface area (Å²) in [6.07, 6.45) is 1.76. The van der Waals surface area contributed by atoms with Crippen LogP contribution in [0.5, 0.6) is 11.5 Å². The van der Waals surface area contributed by atoms with Gasteiger partial charge in [-0.2, -0.15) is 0 Å². The maximum absolute atomic E-state index is 12.3. The number of thioether (sulfide) groups is 1. The second-order valence-corrected chi connectivity index (χ2v) is 6.99. The van der Waals surface area contributed by atoms with E-state index in [2.05, 4.69) is 10.3 Å². The quantitative estimate of drug-likeness (QED) is 0.780. The minimum atomic E-state index is -0.210. The summed E-state index contributed by atoms with van der Waals surface area (Å²) in [5, 5.41) is 3.88. The molecule has 5 nitrogen and oxygen atoms in total. The second-order valence-electron chi connectivity index (χ2n) is 5.52. The van der Waals surface area contributed by atoms with E-state index < -0.39 is 0 Å².